The fourth-order valence-corrected chi connectivity index (χ4v) is 5.57. The number of hydrogen-bond donors (Lipinski definition) is 0. The highest BCUT2D eigenvalue weighted by atomic mass is 32.2. The van der Waals surface area contributed by atoms with Crippen LogP contribution in [-0.2, 0) is 40.3 Å². The molecule has 41 heavy (non-hydrogen) atoms. The molecule has 0 radical (unpaired) electrons. The van der Waals surface area contributed by atoms with Crippen LogP contribution in [0.2, 0.25) is 0 Å². The van der Waals surface area contributed by atoms with E-state index in [2.05, 4.69) is 74.5 Å². The lowest BCUT2D eigenvalue weighted by Crippen LogP contribution is -2.23. The minimum absolute atomic E-state index is 0.191. The molecule has 0 aromatic heterocycles. The Labute approximate surface area is 251 Å². The van der Waals surface area contributed by atoms with Crippen LogP contribution < -0.4 is 9.47 Å². The Morgan fingerprint density at radius 1 is 0.756 bits per heavy atom. The maximum atomic E-state index is 12.3. The first-order valence-corrected chi connectivity index (χ1v) is 18.3. The van der Waals surface area contributed by atoms with Crippen molar-refractivity contribution in [1.82, 2.24) is 0 Å². The zero-order valence-electron chi connectivity index (χ0n) is 25.2. The molecule has 0 fully saturated rings. The number of sulfone groups is 1. The van der Waals surface area contributed by atoms with Gasteiger partial charge < -0.3 is 14.0 Å². The number of ether oxygens (including phenoxy) is 2. The van der Waals surface area contributed by atoms with Crippen molar-refractivity contribution in [2.45, 2.75) is 76.9 Å². The van der Waals surface area contributed by atoms with Crippen molar-refractivity contribution in [3.8, 4) is 11.5 Å². The van der Waals surface area contributed by atoms with E-state index >= 15 is 0 Å². The third-order valence-corrected chi connectivity index (χ3v) is 8.25. The van der Waals surface area contributed by atoms with Crippen LogP contribution in [0.1, 0.15) is 69.1 Å². The summed E-state index contributed by atoms with van der Waals surface area (Å²) in [6, 6.07) is 27.3. The fourth-order valence-electron chi connectivity index (χ4n) is 4.30. The molecule has 3 aromatic carbocycles. The van der Waals surface area contributed by atoms with Gasteiger partial charge in [-0.05, 0) is 61.4 Å². The number of unbranched alkanes of at least 4 members (excludes halogenated alkanes) is 5. The van der Waals surface area contributed by atoms with Crippen molar-refractivity contribution < 1.29 is 22.4 Å². The molecule has 0 saturated heterocycles. The van der Waals surface area contributed by atoms with Crippen LogP contribution >= 0.6 is 0 Å². The molecule has 5 nitrogen and oxygen atoms in total. The predicted octanol–water partition coefficient (Wildman–Crippen LogP) is 7.59. The fraction of sp³-hybridized carbons (Fsp3) is 0.471. The van der Waals surface area contributed by atoms with Gasteiger partial charge in [0.25, 0.3) is 0 Å². The van der Waals surface area contributed by atoms with Gasteiger partial charge in [0.2, 0.25) is 6.79 Å². The van der Waals surface area contributed by atoms with Crippen LogP contribution in [0, 0.1) is 0 Å². The van der Waals surface area contributed by atoms with E-state index in [9.17, 15) is 13.0 Å². The summed E-state index contributed by atoms with van der Waals surface area (Å²) in [5, 5.41) is 0.191. The van der Waals surface area contributed by atoms with Crippen molar-refractivity contribution >= 4 is 21.0 Å². The average Bonchev–Trinajstić information content (AvgIpc) is 3.42. The van der Waals surface area contributed by atoms with Crippen molar-refractivity contribution in [3.63, 3.8) is 0 Å². The SMILES string of the molecule is CCCCCCCC[S+]([O-])C(C)Cc1ccc2c(c1)OCO2.CS(C)(=O)=O.c1ccc(CCc2ccccc2)cc1. The Morgan fingerprint density at radius 3 is 1.83 bits per heavy atom. The quantitative estimate of drug-likeness (QED) is 0.149. The maximum Gasteiger partial charge on any atom is 0.231 e. The minimum Gasteiger partial charge on any atom is -0.616 e. The third kappa shape index (κ3) is 16.5. The Kier molecular flexibility index (Phi) is 16.6. The molecule has 2 unspecified atom stereocenters. The highest BCUT2D eigenvalue weighted by Crippen LogP contribution is 2.33. The van der Waals surface area contributed by atoms with Crippen molar-refractivity contribution in [2.24, 2.45) is 0 Å². The topological polar surface area (TPSA) is 75.7 Å². The standard InChI is InChI=1S/C18H28O3S.C14H14.C2H6O2S/c1-3-4-5-6-7-8-11-22(19)15(2)12-16-9-10-17-18(13-16)21-14-20-17;1-3-7-13(8-4-1)11-12-14-9-5-2-6-10-14;1-5(2,3)4/h9-10,13,15H,3-8,11-12,14H2,1-2H3;1-10H,11-12H2;1-2H3. The average molecular weight is 601 g/mol. The molecule has 7 heteroatoms. The lowest BCUT2D eigenvalue weighted by Gasteiger charge is -2.18. The molecule has 0 spiro atoms. The molecule has 0 amide bonds. The second kappa shape index (κ2) is 19.6. The van der Waals surface area contributed by atoms with E-state index in [1.165, 1.54) is 48.8 Å². The summed E-state index contributed by atoms with van der Waals surface area (Å²) in [6.07, 6.45) is 12.9. The molecule has 4 rings (SSSR count). The van der Waals surface area contributed by atoms with E-state index in [4.69, 9.17) is 9.47 Å². The van der Waals surface area contributed by atoms with Crippen LogP contribution in [0.5, 0.6) is 11.5 Å². The third-order valence-electron chi connectivity index (χ3n) is 6.50. The van der Waals surface area contributed by atoms with E-state index in [0.29, 0.717) is 6.79 Å². The molecular weight excluding hydrogens is 553 g/mol. The van der Waals surface area contributed by atoms with Gasteiger partial charge in [-0.15, -0.1) is 0 Å². The van der Waals surface area contributed by atoms with Gasteiger partial charge in [0.1, 0.15) is 20.8 Å². The van der Waals surface area contributed by atoms with E-state index < -0.39 is 21.0 Å². The second-order valence-electron chi connectivity index (χ2n) is 10.7. The highest BCUT2D eigenvalue weighted by molar-refractivity contribution is 7.92. The summed E-state index contributed by atoms with van der Waals surface area (Å²) in [4.78, 5) is 0. The molecule has 0 saturated carbocycles. The number of aryl methyl sites for hydroxylation is 2. The van der Waals surface area contributed by atoms with Gasteiger partial charge >= 0.3 is 0 Å². The summed E-state index contributed by atoms with van der Waals surface area (Å²) >= 11 is -0.743. The monoisotopic (exact) mass is 600 g/mol. The number of fused-ring (bicyclic) bond motifs is 1. The highest BCUT2D eigenvalue weighted by Gasteiger charge is 2.19. The van der Waals surface area contributed by atoms with Crippen LogP contribution in [0.15, 0.2) is 78.9 Å². The Bertz CT molecular complexity index is 1150. The molecule has 2 atom stereocenters. The minimum atomic E-state index is -2.67. The first-order valence-electron chi connectivity index (χ1n) is 14.6. The van der Waals surface area contributed by atoms with E-state index in [1.54, 1.807) is 0 Å². The molecule has 3 aromatic rings. The van der Waals surface area contributed by atoms with E-state index in [1.807, 2.05) is 18.2 Å². The van der Waals surface area contributed by atoms with Gasteiger partial charge in [-0.3, -0.25) is 0 Å². The van der Waals surface area contributed by atoms with Crippen LogP contribution in [0.4, 0.5) is 0 Å². The van der Waals surface area contributed by atoms with Gasteiger partial charge in [-0.1, -0.05) is 111 Å². The van der Waals surface area contributed by atoms with Crippen molar-refractivity contribution in [3.05, 3.63) is 95.6 Å². The van der Waals surface area contributed by atoms with Gasteiger partial charge in [-0.2, -0.15) is 0 Å². The summed E-state index contributed by atoms with van der Waals surface area (Å²) in [6.45, 7) is 4.61. The van der Waals surface area contributed by atoms with Crippen molar-refractivity contribution in [2.75, 3.05) is 25.1 Å². The van der Waals surface area contributed by atoms with E-state index in [0.717, 1.165) is 55.4 Å². The first-order chi connectivity index (χ1) is 19.7. The first kappa shape index (κ1) is 34.7. The number of hydrogen-bond acceptors (Lipinski definition) is 5. The van der Waals surface area contributed by atoms with Crippen LogP contribution in [0.25, 0.3) is 0 Å². The molecule has 1 heterocycles. The molecule has 226 valence electrons. The lowest BCUT2D eigenvalue weighted by atomic mass is 10.0. The summed E-state index contributed by atoms with van der Waals surface area (Å²) in [5.74, 6) is 2.45. The zero-order chi connectivity index (χ0) is 29.9. The summed E-state index contributed by atoms with van der Waals surface area (Å²) in [5.41, 5.74) is 4.00. The lowest BCUT2D eigenvalue weighted by molar-refractivity contribution is 0.174. The predicted molar refractivity (Wildman–Crippen MR) is 173 cm³/mol. The number of rotatable bonds is 13. The maximum absolute atomic E-state index is 12.3. The largest absolute Gasteiger partial charge is 0.616 e. The van der Waals surface area contributed by atoms with Gasteiger partial charge in [-0.25, -0.2) is 8.42 Å². The summed E-state index contributed by atoms with van der Waals surface area (Å²) in [7, 11) is -2.67. The van der Waals surface area contributed by atoms with E-state index in [-0.39, 0.29) is 5.25 Å². The normalized spacial score (nSPS) is 13.3. The molecular formula is C34H48O5S2. The van der Waals surface area contributed by atoms with Gasteiger partial charge in [0.15, 0.2) is 11.5 Å². The zero-order valence-corrected chi connectivity index (χ0v) is 26.9. The van der Waals surface area contributed by atoms with Crippen molar-refractivity contribution in [1.29, 1.82) is 0 Å². The smallest absolute Gasteiger partial charge is 0.231 e. The Balaban J connectivity index is 0.000000263. The molecule has 1 aliphatic heterocycles. The Hall–Kier alpha value is -2.48. The van der Waals surface area contributed by atoms with Gasteiger partial charge in [0.05, 0.1) is 0 Å². The molecule has 0 N–H and O–H groups in total. The van der Waals surface area contributed by atoms with Crippen LogP contribution in [0.3, 0.4) is 0 Å². The summed E-state index contributed by atoms with van der Waals surface area (Å²) < 4.78 is 42.3. The van der Waals surface area contributed by atoms with Gasteiger partial charge in [0, 0.05) is 18.9 Å². The number of benzene rings is 3. The second-order valence-corrected chi connectivity index (χ2v) is 14.9. The molecule has 0 aliphatic carbocycles. The van der Waals surface area contributed by atoms with Crippen LogP contribution in [-0.4, -0.2) is 43.3 Å². The Morgan fingerprint density at radius 2 is 1.27 bits per heavy atom. The molecule has 0 bridgehead atoms. The molecule has 1 aliphatic rings.